The van der Waals surface area contributed by atoms with Crippen molar-refractivity contribution >= 4 is 28.4 Å². The average molecular weight is 334 g/mol. The second-order valence-electron chi connectivity index (χ2n) is 5.35. The van der Waals surface area contributed by atoms with Crippen LogP contribution in [0.1, 0.15) is 9.67 Å². The monoisotopic (exact) mass is 334 g/mol. The van der Waals surface area contributed by atoms with Crippen molar-refractivity contribution in [3.63, 3.8) is 0 Å². The van der Waals surface area contributed by atoms with Crippen LogP contribution in [-0.4, -0.2) is 13.4 Å². The van der Waals surface area contributed by atoms with Gasteiger partial charge in [-0.1, -0.05) is 24.3 Å². The second-order valence-corrected chi connectivity index (χ2v) is 6.47. The molecule has 118 valence electrons. The van der Waals surface area contributed by atoms with Crippen LogP contribution in [-0.2, 0) is 0 Å². The standard InChI is InChI=1S/C20H14O3S/c1-22-14-8-6-13(7-9-14)19-16-4-2-3-5-17(16)20(23-19)18-11-10-15(12-21)24-18/h2-12H,1H3. The van der Waals surface area contributed by atoms with Crippen molar-refractivity contribution in [2.24, 2.45) is 0 Å². The minimum Gasteiger partial charge on any atom is -0.497 e. The third kappa shape index (κ3) is 2.41. The predicted octanol–water partition coefficient (Wildman–Crippen LogP) is 5.65. The molecule has 0 bridgehead atoms. The molecule has 0 amide bonds. The molecule has 0 aliphatic rings. The molecule has 0 fully saturated rings. The zero-order valence-corrected chi connectivity index (χ0v) is 13.8. The van der Waals surface area contributed by atoms with Crippen molar-refractivity contribution in [2.45, 2.75) is 0 Å². The molecule has 4 heteroatoms. The van der Waals surface area contributed by atoms with Gasteiger partial charge in [0.05, 0.1) is 16.9 Å². The number of hydrogen-bond acceptors (Lipinski definition) is 4. The van der Waals surface area contributed by atoms with E-state index in [0.29, 0.717) is 4.88 Å². The minimum atomic E-state index is 0.691. The Morgan fingerprint density at radius 2 is 1.62 bits per heavy atom. The summed E-state index contributed by atoms with van der Waals surface area (Å²) >= 11 is 1.43. The van der Waals surface area contributed by atoms with Gasteiger partial charge in [0.2, 0.25) is 0 Å². The van der Waals surface area contributed by atoms with Gasteiger partial charge in [0.1, 0.15) is 11.5 Å². The fourth-order valence-corrected chi connectivity index (χ4v) is 3.59. The number of carbonyl (C=O) groups is 1. The first-order valence-corrected chi connectivity index (χ1v) is 8.33. The lowest BCUT2D eigenvalue weighted by Crippen LogP contribution is -1.82. The van der Waals surface area contributed by atoms with E-state index < -0.39 is 0 Å². The van der Waals surface area contributed by atoms with Crippen LogP contribution < -0.4 is 4.74 Å². The molecular weight excluding hydrogens is 320 g/mol. The van der Waals surface area contributed by atoms with Crippen LogP contribution in [0, 0.1) is 0 Å². The van der Waals surface area contributed by atoms with Gasteiger partial charge in [0.15, 0.2) is 12.0 Å². The third-order valence-electron chi connectivity index (χ3n) is 3.94. The highest BCUT2D eigenvalue weighted by molar-refractivity contribution is 7.17. The van der Waals surface area contributed by atoms with Crippen molar-refractivity contribution in [3.8, 4) is 27.7 Å². The quantitative estimate of drug-likeness (QED) is 0.453. The smallest absolute Gasteiger partial charge is 0.160 e. The number of ether oxygens (including phenoxy) is 1. The summed E-state index contributed by atoms with van der Waals surface area (Å²) < 4.78 is 11.4. The van der Waals surface area contributed by atoms with Crippen LogP contribution in [0.15, 0.2) is 65.1 Å². The molecule has 0 unspecified atom stereocenters. The number of thiophene rings is 1. The molecule has 0 spiro atoms. The summed E-state index contributed by atoms with van der Waals surface area (Å²) in [6.07, 6.45) is 0.865. The number of furan rings is 1. The first kappa shape index (κ1) is 14.7. The van der Waals surface area contributed by atoms with Crippen molar-refractivity contribution in [1.82, 2.24) is 0 Å². The zero-order chi connectivity index (χ0) is 16.5. The van der Waals surface area contributed by atoms with Gasteiger partial charge in [0, 0.05) is 16.3 Å². The Balaban J connectivity index is 1.91. The lowest BCUT2D eigenvalue weighted by molar-refractivity contribution is 0.112. The maximum atomic E-state index is 11.0. The van der Waals surface area contributed by atoms with Crippen LogP contribution in [0.4, 0.5) is 0 Å². The fourth-order valence-electron chi connectivity index (χ4n) is 2.77. The number of rotatable bonds is 4. The van der Waals surface area contributed by atoms with E-state index >= 15 is 0 Å². The van der Waals surface area contributed by atoms with Crippen LogP contribution in [0.3, 0.4) is 0 Å². The summed E-state index contributed by atoms with van der Waals surface area (Å²) in [6.45, 7) is 0. The van der Waals surface area contributed by atoms with Gasteiger partial charge >= 0.3 is 0 Å². The Bertz CT molecular complexity index is 1010. The summed E-state index contributed by atoms with van der Waals surface area (Å²) in [4.78, 5) is 12.6. The normalized spacial score (nSPS) is 10.9. The SMILES string of the molecule is COc1ccc(-c2oc(-c3ccc(C=O)s3)c3ccccc23)cc1. The van der Waals surface area contributed by atoms with E-state index in [1.54, 1.807) is 7.11 Å². The summed E-state index contributed by atoms with van der Waals surface area (Å²) in [5, 5.41) is 2.10. The molecule has 0 N–H and O–H groups in total. The number of carbonyl (C=O) groups excluding carboxylic acids is 1. The summed E-state index contributed by atoms with van der Waals surface area (Å²) in [7, 11) is 1.65. The van der Waals surface area contributed by atoms with E-state index in [-0.39, 0.29) is 0 Å². The average Bonchev–Trinajstić information content (AvgIpc) is 3.26. The number of methoxy groups -OCH3 is 1. The Morgan fingerprint density at radius 1 is 0.917 bits per heavy atom. The van der Waals surface area contributed by atoms with Crippen LogP contribution in [0.5, 0.6) is 5.75 Å². The molecular formula is C20H14O3S. The number of hydrogen-bond donors (Lipinski definition) is 0. The largest absolute Gasteiger partial charge is 0.497 e. The molecule has 4 aromatic rings. The summed E-state index contributed by atoms with van der Waals surface area (Å²) in [5.41, 5.74) is 0.991. The Morgan fingerprint density at radius 3 is 2.25 bits per heavy atom. The van der Waals surface area contributed by atoms with E-state index in [2.05, 4.69) is 6.07 Å². The second kappa shape index (κ2) is 5.98. The first-order chi connectivity index (χ1) is 11.8. The van der Waals surface area contributed by atoms with Crippen molar-refractivity contribution in [2.75, 3.05) is 7.11 Å². The van der Waals surface area contributed by atoms with Gasteiger partial charge in [0.25, 0.3) is 0 Å². The van der Waals surface area contributed by atoms with Crippen LogP contribution >= 0.6 is 11.3 Å². The molecule has 0 radical (unpaired) electrons. The lowest BCUT2D eigenvalue weighted by atomic mass is 10.1. The first-order valence-electron chi connectivity index (χ1n) is 7.51. The molecule has 0 saturated heterocycles. The molecule has 0 aliphatic heterocycles. The highest BCUT2D eigenvalue weighted by atomic mass is 32.1. The Hall–Kier alpha value is -2.85. The van der Waals surface area contributed by atoms with Gasteiger partial charge in [-0.05, 0) is 36.4 Å². The highest BCUT2D eigenvalue weighted by Gasteiger charge is 2.17. The molecule has 2 aromatic carbocycles. The molecule has 24 heavy (non-hydrogen) atoms. The van der Waals surface area contributed by atoms with E-state index in [4.69, 9.17) is 9.15 Å². The topological polar surface area (TPSA) is 39.4 Å². The van der Waals surface area contributed by atoms with Crippen LogP contribution in [0.25, 0.3) is 32.7 Å². The fraction of sp³-hybridized carbons (Fsp3) is 0.0500. The minimum absolute atomic E-state index is 0.691. The maximum absolute atomic E-state index is 11.0. The van der Waals surface area contributed by atoms with E-state index in [0.717, 1.165) is 44.8 Å². The van der Waals surface area contributed by atoms with E-state index in [1.165, 1.54) is 11.3 Å². The number of benzene rings is 2. The summed E-state index contributed by atoms with van der Waals surface area (Å²) in [6, 6.07) is 19.6. The molecule has 2 aromatic heterocycles. The zero-order valence-electron chi connectivity index (χ0n) is 13.0. The molecule has 3 nitrogen and oxygen atoms in total. The Kier molecular flexibility index (Phi) is 3.67. The van der Waals surface area contributed by atoms with Gasteiger partial charge < -0.3 is 9.15 Å². The molecule has 2 heterocycles. The van der Waals surface area contributed by atoms with Crippen molar-refractivity contribution in [3.05, 3.63) is 65.5 Å². The van der Waals surface area contributed by atoms with E-state index in [1.807, 2.05) is 54.6 Å². The molecule has 0 aliphatic carbocycles. The van der Waals surface area contributed by atoms with Gasteiger partial charge in [-0.15, -0.1) is 11.3 Å². The molecule has 0 saturated carbocycles. The maximum Gasteiger partial charge on any atom is 0.160 e. The van der Waals surface area contributed by atoms with Crippen LogP contribution in [0.2, 0.25) is 0 Å². The van der Waals surface area contributed by atoms with Gasteiger partial charge in [-0.3, -0.25) is 4.79 Å². The highest BCUT2D eigenvalue weighted by Crippen LogP contribution is 2.41. The predicted molar refractivity (Wildman–Crippen MR) is 96.9 cm³/mol. The number of aldehydes is 1. The summed E-state index contributed by atoms with van der Waals surface area (Å²) in [5.74, 6) is 2.43. The molecule has 4 rings (SSSR count). The number of fused-ring (bicyclic) bond motifs is 1. The van der Waals surface area contributed by atoms with Crippen molar-refractivity contribution in [1.29, 1.82) is 0 Å². The van der Waals surface area contributed by atoms with Crippen molar-refractivity contribution < 1.29 is 13.9 Å². The molecule has 0 atom stereocenters. The third-order valence-corrected chi connectivity index (χ3v) is 4.95. The van der Waals surface area contributed by atoms with Gasteiger partial charge in [-0.2, -0.15) is 0 Å². The lowest BCUT2D eigenvalue weighted by Gasteiger charge is -2.01. The Labute approximate surface area is 143 Å². The van der Waals surface area contributed by atoms with Gasteiger partial charge in [-0.25, -0.2) is 0 Å². The van der Waals surface area contributed by atoms with E-state index in [9.17, 15) is 4.79 Å².